The summed E-state index contributed by atoms with van der Waals surface area (Å²) in [5.74, 6) is 0.273. The Morgan fingerprint density at radius 3 is 1.81 bits per heavy atom. The molecule has 0 N–H and O–H groups in total. The van der Waals surface area contributed by atoms with E-state index >= 15 is 0 Å². The summed E-state index contributed by atoms with van der Waals surface area (Å²) in [6, 6.07) is 23.0. The first kappa shape index (κ1) is 14.2. The Hall–Kier alpha value is -1.78. The third kappa shape index (κ3) is 2.45. The summed E-state index contributed by atoms with van der Waals surface area (Å²) in [4.78, 5) is 0. The molecule has 21 heavy (non-hydrogen) atoms. The molecule has 1 saturated carbocycles. The number of halogens is 1. The number of benzene rings is 2. The van der Waals surface area contributed by atoms with Crippen molar-refractivity contribution in [2.45, 2.75) is 30.1 Å². The molecule has 0 aliphatic heterocycles. The van der Waals surface area contributed by atoms with E-state index in [1.54, 1.807) is 0 Å². The quantitative estimate of drug-likeness (QED) is 0.739. The molecule has 2 unspecified atom stereocenters. The van der Waals surface area contributed by atoms with Gasteiger partial charge in [0.2, 0.25) is 0 Å². The van der Waals surface area contributed by atoms with Crippen molar-refractivity contribution in [3.63, 3.8) is 0 Å². The summed E-state index contributed by atoms with van der Waals surface area (Å²) in [7, 11) is 0. The zero-order valence-electron chi connectivity index (χ0n) is 11.9. The zero-order chi connectivity index (χ0) is 14.7. The minimum Gasteiger partial charge on any atom is -0.197 e. The van der Waals surface area contributed by atoms with Crippen LogP contribution >= 0.6 is 11.6 Å². The van der Waals surface area contributed by atoms with E-state index in [4.69, 9.17) is 11.6 Å². The molecule has 0 aromatic heterocycles. The van der Waals surface area contributed by atoms with Crippen LogP contribution in [0, 0.1) is 17.2 Å². The fraction of sp³-hybridized carbons (Fsp3) is 0.316. The number of hydrogen-bond acceptors (Lipinski definition) is 1. The van der Waals surface area contributed by atoms with Crippen LogP contribution in [0.15, 0.2) is 60.7 Å². The molecule has 0 spiro atoms. The highest BCUT2D eigenvalue weighted by molar-refractivity contribution is 6.20. The second-order valence-corrected chi connectivity index (χ2v) is 6.38. The van der Waals surface area contributed by atoms with Gasteiger partial charge in [-0.3, -0.25) is 0 Å². The molecule has 0 amide bonds. The molecule has 0 saturated heterocycles. The third-order valence-electron chi connectivity index (χ3n) is 4.62. The van der Waals surface area contributed by atoms with Gasteiger partial charge in [0, 0.05) is 5.38 Å². The van der Waals surface area contributed by atoms with E-state index in [0.29, 0.717) is 0 Å². The largest absolute Gasteiger partial charge is 0.197 e. The molecular weight excluding hydrogens is 278 g/mol. The predicted octanol–water partition coefficient (Wildman–Crippen LogP) is 4.90. The first-order chi connectivity index (χ1) is 10.3. The maximum atomic E-state index is 10.1. The lowest BCUT2D eigenvalue weighted by Crippen LogP contribution is -2.34. The van der Waals surface area contributed by atoms with Crippen LogP contribution in [0.3, 0.4) is 0 Å². The summed E-state index contributed by atoms with van der Waals surface area (Å²) in [6.07, 6.45) is 2.90. The standard InChI is InChI=1S/C19H18ClN/c20-18-12-11-17(13-18)19(14-21,15-7-3-1-4-8-15)16-9-5-2-6-10-16/h1-10,17-18H,11-13H2. The van der Waals surface area contributed by atoms with Crippen molar-refractivity contribution < 1.29 is 0 Å². The van der Waals surface area contributed by atoms with Crippen molar-refractivity contribution in [1.82, 2.24) is 0 Å². The number of rotatable bonds is 3. The van der Waals surface area contributed by atoms with Gasteiger partial charge in [0.1, 0.15) is 5.41 Å². The van der Waals surface area contributed by atoms with E-state index in [0.717, 1.165) is 30.4 Å². The average molecular weight is 296 g/mol. The molecule has 1 aliphatic carbocycles. The van der Waals surface area contributed by atoms with Crippen molar-refractivity contribution in [3.8, 4) is 6.07 Å². The first-order valence-electron chi connectivity index (χ1n) is 7.43. The van der Waals surface area contributed by atoms with Gasteiger partial charge in [0.05, 0.1) is 6.07 Å². The average Bonchev–Trinajstić information content (AvgIpc) is 2.98. The van der Waals surface area contributed by atoms with Gasteiger partial charge in [-0.25, -0.2) is 0 Å². The van der Waals surface area contributed by atoms with E-state index in [1.807, 2.05) is 36.4 Å². The lowest BCUT2D eigenvalue weighted by Gasteiger charge is -2.34. The smallest absolute Gasteiger partial charge is 0.110 e. The van der Waals surface area contributed by atoms with E-state index in [2.05, 4.69) is 30.3 Å². The van der Waals surface area contributed by atoms with Crippen LogP contribution in [0.5, 0.6) is 0 Å². The van der Waals surface area contributed by atoms with Gasteiger partial charge >= 0.3 is 0 Å². The van der Waals surface area contributed by atoms with Crippen LogP contribution in [0.4, 0.5) is 0 Å². The molecule has 0 bridgehead atoms. The maximum absolute atomic E-state index is 10.1. The van der Waals surface area contributed by atoms with Crippen LogP contribution < -0.4 is 0 Å². The van der Waals surface area contributed by atoms with Gasteiger partial charge < -0.3 is 0 Å². The Kier molecular flexibility index (Phi) is 3.99. The summed E-state index contributed by atoms with van der Waals surface area (Å²) >= 11 is 6.34. The summed E-state index contributed by atoms with van der Waals surface area (Å²) in [6.45, 7) is 0. The topological polar surface area (TPSA) is 23.8 Å². The van der Waals surface area contributed by atoms with Crippen molar-refractivity contribution >= 4 is 11.6 Å². The summed E-state index contributed by atoms with van der Waals surface area (Å²) in [5, 5.41) is 10.3. The Bertz CT molecular complexity index is 590. The Labute approximate surface area is 131 Å². The van der Waals surface area contributed by atoms with Gasteiger partial charge in [-0.2, -0.15) is 5.26 Å². The third-order valence-corrected chi connectivity index (χ3v) is 5.01. The predicted molar refractivity (Wildman–Crippen MR) is 86.3 cm³/mol. The molecule has 1 fully saturated rings. The number of nitriles is 1. The number of hydrogen-bond donors (Lipinski definition) is 0. The molecule has 1 aliphatic rings. The highest BCUT2D eigenvalue weighted by atomic mass is 35.5. The molecule has 0 radical (unpaired) electrons. The molecule has 1 nitrogen and oxygen atoms in total. The molecule has 106 valence electrons. The molecule has 2 aromatic rings. The van der Waals surface area contributed by atoms with Crippen molar-refractivity contribution in [2.75, 3.05) is 0 Å². The van der Waals surface area contributed by atoms with Crippen LogP contribution in [0.1, 0.15) is 30.4 Å². The van der Waals surface area contributed by atoms with E-state index in [9.17, 15) is 5.26 Å². The highest BCUT2D eigenvalue weighted by Gasteiger charge is 2.45. The van der Waals surface area contributed by atoms with Crippen molar-refractivity contribution in [2.24, 2.45) is 5.92 Å². The lowest BCUT2D eigenvalue weighted by molar-refractivity contribution is 0.402. The van der Waals surface area contributed by atoms with E-state index in [-0.39, 0.29) is 11.3 Å². The molecule has 0 heterocycles. The summed E-state index contributed by atoms with van der Waals surface area (Å²) in [5.41, 5.74) is 1.57. The van der Waals surface area contributed by atoms with Gasteiger partial charge in [0.15, 0.2) is 0 Å². The van der Waals surface area contributed by atoms with Gasteiger partial charge in [-0.05, 0) is 36.3 Å². The van der Waals surface area contributed by atoms with Crippen LogP contribution in [-0.4, -0.2) is 5.38 Å². The second kappa shape index (κ2) is 5.92. The van der Waals surface area contributed by atoms with Crippen LogP contribution in [-0.2, 0) is 5.41 Å². The van der Waals surface area contributed by atoms with Crippen molar-refractivity contribution in [1.29, 1.82) is 5.26 Å². The molecule has 2 atom stereocenters. The van der Waals surface area contributed by atoms with Crippen LogP contribution in [0.2, 0.25) is 0 Å². The SMILES string of the molecule is N#CC(c1ccccc1)(c1ccccc1)C1CCC(Cl)C1. The number of alkyl halides is 1. The Morgan fingerprint density at radius 1 is 0.905 bits per heavy atom. The molecule has 3 rings (SSSR count). The van der Waals surface area contributed by atoms with Gasteiger partial charge in [0.25, 0.3) is 0 Å². The minimum atomic E-state index is -0.591. The number of nitrogens with zero attached hydrogens (tertiary/aromatic N) is 1. The monoisotopic (exact) mass is 295 g/mol. The molecule has 2 heteroatoms. The maximum Gasteiger partial charge on any atom is 0.110 e. The first-order valence-corrected chi connectivity index (χ1v) is 7.87. The van der Waals surface area contributed by atoms with Gasteiger partial charge in [-0.1, -0.05) is 60.7 Å². The Morgan fingerprint density at radius 2 is 1.43 bits per heavy atom. The van der Waals surface area contributed by atoms with E-state index in [1.165, 1.54) is 0 Å². The van der Waals surface area contributed by atoms with E-state index < -0.39 is 5.41 Å². The summed E-state index contributed by atoms with van der Waals surface area (Å²) < 4.78 is 0. The van der Waals surface area contributed by atoms with Crippen LogP contribution in [0.25, 0.3) is 0 Å². The molecular formula is C19H18ClN. The fourth-order valence-corrected chi connectivity index (χ4v) is 3.92. The van der Waals surface area contributed by atoms with Crippen molar-refractivity contribution in [3.05, 3.63) is 71.8 Å². The second-order valence-electron chi connectivity index (χ2n) is 5.76. The Balaban J connectivity index is 2.17. The zero-order valence-corrected chi connectivity index (χ0v) is 12.6. The van der Waals surface area contributed by atoms with Gasteiger partial charge in [-0.15, -0.1) is 11.6 Å². The molecule has 2 aromatic carbocycles. The minimum absolute atomic E-state index is 0.190. The normalized spacial score (nSPS) is 21.9. The lowest BCUT2D eigenvalue weighted by atomic mass is 9.66. The fourth-order valence-electron chi connectivity index (χ4n) is 3.58. The highest BCUT2D eigenvalue weighted by Crippen LogP contribution is 2.47.